The number of carbonyl (C=O) groups excluding carboxylic acids is 1. The van der Waals surface area contributed by atoms with E-state index in [9.17, 15) is 14.7 Å². The van der Waals surface area contributed by atoms with Crippen LogP contribution in [0.1, 0.15) is 35.2 Å². The van der Waals surface area contributed by atoms with Gasteiger partial charge >= 0.3 is 5.97 Å². The Bertz CT molecular complexity index is 1780. The van der Waals surface area contributed by atoms with Gasteiger partial charge in [0.25, 0.3) is 5.56 Å². The molecule has 202 valence electrons. The van der Waals surface area contributed by atoms with Crippen molar-refractivity contribution in [3.05, 3.63) is 133 Å². The van der Waals surface area contributed by atoms with Crippen LogP contribution >= 0.6 is 11.3 Å². The van der Waals surface area contributed by atoms with Gasteiger partial charge in [0.1, 0.15) is 11.5 Å². The van der Waals surface area contributed by atoms with E-state index >= 15 is 0 Å². The molecule has 1 N–H and O–H groups in total. The fourth-order valence-corrected chi connectivity index (χ4v) is 5.71. The molecule has 0 radical (unpaired) electrons. The molecular formula is C32H28N2O5S. The molecule has 0 unspecified atom stereocenters. The first-order chi connectivity index (χ1) is 19.4. The van der Waals surface area contributed by atoms with E-state index in [0.29, 0.717) is 32.8 Å². The Morgan fingerprint density at radius 3 is 2.55 bits per heavy atom. The molecule has 0 fully saturated rings. The van der Waals surface area contributed by atoms with Crippen molar-refractivity contribution in [2.24, 2.45) is 4.99 Å². The number of aromatic nitrogens is 1. The number of rotatable bonds is 8. The Kier molecular flexibility index (Phi) is 7.79. The van der Waals surface area contributed by atoms with Crippen LogP contribution in [0.5, 0.6) is 11.5 Å². The van der Waals surface area contributed by atoms with E-state index in [4.69, 9.17) is 14.5 Å². The number of carbonyl (C=O) groups is 1. The zero-order valence-corrected chi connectivity index (χ0v) is 23.0. The lowest BCUT2D eigenvalue weighted by molar-refractivity contribution is -0.138. The van der Waals surface area contributed by atoms with Gasteiger partial charge in [-0.15, -0.1) is 6.58 Å². The first-order valence-electron chi connectivity index (χ1n) is 12.8. The van der Waals surface area contributed by atoms with Crippen LogP contribution in [0, 0.1) is 0 Å². The van der Waals surface area contributed by atoms with Crippen molar-refractivity contribution in [3.63, 3.8) is 0 Å². The second kappa shape index (κ2) is 11.6. The molecule has 0 saturated heterocycles. The number of ether oxygens (including phenoxy) is 2. The zero-order valence-electron chi connectivity index (χ0n) is 22.2. The summed E-state index contributed by atoms with van der Waals surface area (Å²) in [6.45, 7) is 5.67. The second-order valence-corrected chi connectivity index (χ2v) is 10.1. The molecule has 0 bridgehead atoms. The summed E-state index contributed by atoms with van der Waals surface area (Å²) in [5, 5.41) is 10.2. The van der Waals surface area contributed by atoms with Gasteiger partial charge in [-0.1, -0.05) is 65.9 Å². The van der Waals surface area contributed by atoms with Crippen molar-refractivity contribution in [1.82, 2.24) is 4.57 Å². The van der Waals surface area contributed by atoms with Crippen molar-refractivity contribution in [1.29, 1.82) is 0 Å². The number of nitrogens with zero attached hydrogens (tertiary/aromatic N) is 2. The van der Waals surface area contributed by atoms with Crippen LogP contribution < -0.4 is 19.6 Å². The number of thiazole rings is 1. The minimum absolute atomic E-state index is 0.171. The van der Waals surface area contributed by atoms with Crippen molar-refractivity contribution < 1.29 is 19.4 Å². The number of phenols is 1. The lowest BCUT2D eigenvalue weighted by Crippen LogP contribution is -2.40. The number of aromatic hydroxyl groups is 1. The number of hydrogen-bond acceptors (Lipinski definition) is 7. The lowest BCUT2D eigenvalue weighted by atomic mass is 9.93. The summed E-state index contributed by atoms with van der Waals surface area (Å²) >= 11 is 1.25. The quantitative estimate of drug-likeness (QED) is 0.259. The van der Waals surface area contributed by atoms with Gasteiger partial charge in [-0.2, -0.15) is 0 Å². The fraction of sp³-hybridized carbons (Fsp3) is 0.156. The van der Waals surface area contributed by atoms with E-state index in [1.54, 1.807) is 55.0 Å². The van der Waals surface area contributed by atoms with Gasteiger partial charge in [0.05, 0.1) is 35.6 Å². The highest BCUT2D eigenvalue weighted by atomic mass is 32.1. The van der Waals surface area contributed by atoms with Crippen LogP contribution in [0.25, 0.3) is 11.8 Å². The third kappa shape index (κ3) is 5.13. The molecule has 1 aliphatic heterocycles. The van der Waals surface area contributed by atoms with E-state index in [1.165, 1.54) is 11.3 Å². The second-order valence-electron chi connectivity index (χ2n) is 9.09. The summed E-state index contributed by atoms with van der Waals surface area (Å²) in [6.07, 6.45) is 3.98. The number of fused-ring (bicyclic) bond motifs is 1. The average Bonchev–Trinajstić information content (AvgIpc) is 3.29. The monoisotopic (exact) mass is 552 g/mol. The molecule has 3 aromatic carbocycles. The number of phenolic OH excluding ortho intramolecular Hbond substituents is 1. The van der Waals surface area contributed by atoms with Gasteiger partial charge < -0.3 is 14.6 Å². The van der Waals surface area contributed by atoms with E-state index < -0.39 is 12.0 Å². The fourth-order valence-electron chi connectivity index (χ4n) is 4.71. The molecule has 8 heteroatoms. The van der Waals surface area contributed by atoms with Crippen molar-refractivity contribution in [2.45, 2.75) is 19.4 Å². The number of esters is 1. The number of hydrogen-bond donors (Lipinski definition) is 1. The Labute approximate surface area is 235 Å². The average molecular weight is 553 g/mol. The Morgan fingerprint density at radius 2 is 1.88 bits per heavy atom. The van der Waals surface area contributed by atoms with E-state index in [0.717, 1.165) is 16.7 Å². The lowest BCUT2D eigenvalue weighted by Gasteiger charge is -2.26. The van der Waals surface area contributed by atoms with E-state index in [-0.39, 0.29) is 23.5 Å². The summed E-state index contributed by atoms with van der Waals surface area (Å²) in [4.78, 5) is 32.8. The van der Waals surface area contributed by atoms with Crippen molar-refractivity contribution in [3.8, 4) is 11.5 Å². The van der Waals surface area contributed by atoms with Gasteiger partial charge in [-0.3, -0.25) is 9.36 Å². The molecule has 1 atom stereocenters. The number of allylic oxidation sites excluding steroid dienone is 1. The molecular weight excluding hydrogens is 524 g/mol. The zero-order chi connectivity index (χ0) is 28.2. The maximum Gasteiger partial charge on any atom is 0.338 e. The van der Waals surface area contributed by atoms with Gasteiger partial charge in [0.2, 0.25) is 0 Å². The predicted molar refractivity (Wildman–Crippen MR) is 156 cm³/mol. The van der Waals surface area contributed by atoms with Crippen LogP contribution in [-0.2, 0) is 16.0 Å². The van der Waals surface area contributed by atoms with Crippen molar-refractivity contribution >= 4 is 29.1 Å². The maximum absolute atomic E-state index is 14.0. The molecule has 0 aliphatic carbocycles. The summed E-state index contributed by atoms with van der Waals surface area (Å²) in [6, 6.07) is 21.1. The van der Waals surface area contributed by atoms with Gasteiger partial charge in [0, 0.05) is 5.56 Å². The molecule has 7 nitrogen and oxygen atoms in total. The first-order valence-corrected chi connectivity index (χ1v) is 13.6. The maximum atomic E-state index is 14.0. The predicted octanol–water partition coefficient (Wildman–Crippen LogP) is 4.38. The van der Waals surface area contributed by atoms with E-state index in [2.05, 4.69) is 6.58 Å². The molecule has 0 saturated carbocycles. The van der Waals surface area contributed by atoms with Crippen molar-refractivity contribution in [2.75, 3.05) is 13.7 Å². The SMILES string of the molecule is C=CCc1cc(/C=c2/sc3n(c2=O)[C@H](c2ccc(OC)cc2)C(C(=O)OCC)=C(c2ccccc2)N=3)ccc1O. The highest BCUT2D eigenvalue weighted by Gasteiger charge is 2.35. The van der Waals surface area contributed by atoms with Crippen LogP contribution in [0.2, 0.25) is 0 Å². The summed E-state index contributed by atoms with van der Waals surface area (Å²) in [7, 11) is 1.58. The van der Waals surface area contributed by atoms with Crippen LogP contribution in [-0.4, -0.2) is 29.4 Å². The molecule has 4 aromatic rings. The molecule has 0 amide bonds. The van der Waals surface area contributed by atoms with Gasteiger partial charge in [-0.05, 0) is 60.4 Å². The molecule has 40 heavy (non-hydrogen) atoms. The topological polar surface area (TPSA) is 90.1 Å². The van der Waals surface area contributed by atoms with Gasteiger partial charge in [-0.25, -0.2) is 9.79 Å². The highest BCUT2D eigenvalue weighted by molar-refractivity contribution is 7.07. The van der Waals surface area contributed by atoms with Gasteiger partial charge in [0.15, 0.2) is 4.80 Å². The summed E-state index contributed by atoms with van der Waals surface area (Å²) in [5.41, 5.74) is 3.40. The van der Waals surface area contributed by atoms with Crippen LogP contribution in [0.4, 0.5) is 0 Å². The number of benzene rings is 3. The molecule has 1 aliphatic rings. The summed E-state index contributed by atoms with van der Waals surface area (Å²) in [5.74, 6) is 0.293. The largest absolute Gasteiger partial charge is 0.508 e. The standard InChI is InChI=1S/C32H28N2O5S/c1-4-9-23-18-20(12-17-25(23)35)19-26-30(36)34-29(22-13-15-24(38-3)16-14-22)27(31(37)39-5-2)28(33-32(34)40-26)21-10-7-6-8-11-21/h4,6-8,10-19,29,35H,1,5,9H2,2-3H3/b26-19+/t29-/m1/s1. The van der Waals surface area contributed by atoms with Crippen LogP contribution in [0.3, 0.4) is 0 Å². The van der Waals surface area contributed by atoms with Crippen LogP contribution in [0.15, 0.2) is 101 Å². The highest BCUT2D eigenvalue weighted by Crippen LogP contribution is 2.35. The summed E-state index contributed by atoms with van der Waals surface area (Å²) < 4.78 is 12.8. The number of methoxy groups -OCH3 is 1. The molecule has 5 rings (SSSR count). The minimum atomic E-state index is -0.769. The normalized spacial score (nSPS) is 14.8. The third-order valence-electron chi connectivity index (χ3n) is 6.57. The smallest absolute Gasteiger partial charge is 0.338 e. The third-order valence-corrected chi connectivity index (χ3v) is 7.55. The molecule has 0 spiro atoms. The Morgan fingerprint density at radius 1 is 1.12 bits per heavy atom. The minimum Gasteiger partial charge on any atom is -0.508 e. The molecule has 2 heterocycles. The first kappa shape index (κ1) is 26.9. The molecule has 1 aromatic heterocycles. The van der Waals surface area contributed by atoms with E-state index in [1.807, 2.05) is 48.5 Å². The Hall–Kier alpha value is -4.69. The Balaban J connectivity index is 1.79.